The van der Waals surface area contributed by atoms with Crippen molar-refractivity contribution in [1.82, 2.24) is 19.6 Å². The molecule has 0 unspecified atom stereocenters. The van der Waals surface area contributed by atoms with Gasteiger partial charge in [0.25, 0.3) is 0 Å². The first-order valence-corrected chi connectivity index (χ1v) is 18.7. The second kappa shape index (κ2) is 29.8. The quantitative estimate of drug-likeness (QED) is 0.104. The van der Waals surface area contributed by atoms with E-state index < -0.39 is 10.2 Å². The second-order valence-corrected chi connectivity index (χ2v) is 12.9. The maximum absolute atomic E-state index is 8.25. The monoisotopic (exact) mass is 819 g/mol. The minimum absolute atomic E-state index is 0. The van der Waals surface area contributed by atoms with Gasteiger partial charge in [-0.2, -0.15) is 0 Å². The molecule has 0 bridgehead atoms. The summed E-state index contributed by atoms with van der Waals surface area (Å²) in [6.07, 6.45) is 18.4. The molecule has 1 heterocycles. The molecule has 1 aliphatic heterocycles. The van der Waals surface area contributed by atoms with Gasteiger partial charge in [0.05, 0.1) is 10.2 Å². The number of benzene rings is 4. The predicted molar refractivity (Wildman–Crippen MR) is 228 cm³/mol. The van der Waals surface area contributed by atoms with Crippen molar-refractivity contribution in [3.63, 3.8) is 0 Å². The van der Waals surface area contributed by atoms with Crippen LogP contribution in [0.4, 0.5) is 0 Å². The molecule has 0 atom stereocenters. The van der Waals surface area contributed by atoms with E-state index in [-0.39, 0.29) is 16.8 Å². The summed E-state index contributed by atoms with van der Waals surface area (Å²) in [6.45, 7) is 12.1. The van der Waals surface area contributed by atoms with Crippen LogP contribution in [0.3, 0.4) is 0 Å². The molecule has 0 saturated carbocycles. The molecular formula is C44H52CoN6O6. The maximum Gasteiger partial charge on any atom is 2.00 e. The Morgan fingerprint density at radius 2 is 0.526 bits per heavy atom. The van der Waals surface area contributed by atoms with Crippen molar-refractivity contribution in [2.24, 2.45) is 0 Å². The van der Waals surface area contributed by atoms with Crippen molar-refractivity contribution < 1.29 is 27.0 Å². The van der Waals surface area contributed by atoms with Crippen molar-refractivity contribution in [2.75, 3.05) is 78.5 Å². The van der Waals surface area contributed by atoms with E-state index in [1.165, 1.54) is 22.3 Å². The van der Waals surface area contributed by atoms with E-state index in [9.17, 15) is 0 Å². The number of nitrogens with zero attached hydrogens (tertiary/aromatic N) is 6. The Morgan fingerprint density at radius 3 is 0.684 bits per heavy atom. The van der Waals surface area contributed by atoms with Gasteiger partial charge in [-0.25, -0.2) is 0 Å². The average Bonchev–Trinajstić information content (AvgIpc) is 3.19. The molecule has 0 spiro atoms. The van der Waals surface area contributed by atoms with Gasteiger partial charge >= 0.3 is 16.8 Å². The fourth-order valence-corrected chi connectivity index (χ4v) is 5.92. The van der Waals surface area contributed by atoms with Crippen LogP contribution in [0.15, 0.2) is 146 Å². The zero-order chi connectivity index (χ0) is 40.1. The Morgan fingerprint density at radius 1 is 0.368 bits per heavy atom. The van der Waals surface area contributed by atoms with Crippen LogP contribution < -0.4 is 0 Å². The molecule has 1 saturated heterocycles. The average molecular weight is 820 g/mol. The molecule has 4 aromatic carbocycles. The first-order chi connectivity index (χ1) is 27.3. The van der Waals surface area contributed by atoms with Gasteiger partial charge in [0.2, 0.25) is 0 Å². The first-order valence-electron chi connectivity index (χ1n) is 18.7. The Bertz CT molecular complexity index is 1490. The third kappa shape index (κ3) is 24.0. The molecule has 4 aromatic rings. The van der Waals surface area contributed by atoms with Crippen LogP contribution in [0.1, 0.15) is 22.3 Å². The Hall–Kier alpha value is -5.41. The summed E-state index contributed by atoms with van der Waals surface area (Å²) in [4.78, 5) is 27.0. The van der Waals surface area contributed by atoms with Crippen LogP contribution in [0, 0.1) is 30.6 Å². The molecule has 13 heteroatoms. The van der Waals surface area contributed by atoms with E-state index >= 15 is 0 Å². The Balaban J connectivity index is 0.00000114. The molecule has 0 N–H and O–H groups in total. The normalized spacial score (nSPS) is 15.2. The standard InChI is InChI=1S/C44H52N4.Co.2NO3/c1-5-17-41(18-6-1)25-13-29-45-33-35-46(30-14-26-42-19-7-2-8-20-42)37-39-48(32-16-28-44-23-11-4-12-24-44)40-38-47(36-34-45)31-15-27-43-21-9-3-10-22-43;;2*2-1(3)4/h1-28H,29-40H2;;;/q;+2;2*-1/b25-13+,26-14+,27-15+,28-16+;;;. The molecular weight excluding hydrogens is 767 g/mol. The minimum atomic E-state index is -1.75. The number of hydrogen-bond donors (Lipinski definition) is 0. The van der Waals surface area contributed by atoms with Gasteiger partial charge in [-0.15, -0.1) is 0 Å². The summed E-state index contributed by atoms with van der Waals surface area (Å²) in [7, 11) is 0. The maximum atomic E-state index is 8.25. The molecule has 1 aliphatic rings. The molecule has 0 aliphatic carbocycles. The van der Waals surface area contributed by atoms with Gasteiger partial charge in [0, 0.05) is 78.5 Å². The summed E-state index contributed by atoms with van der Waals surface area (Å²) < 4.78 is 0. The fraction of sp³-hybridized carbons (Fsp3) is 0.273. The topological polar surface area (TPSA) is 145 Å². The van der Waals surface area contributed by atoms with Crippen LogP contribution in [-0.4, -0.2) is 108 Å². The Kier molecular flexibility index (Phi) is 25.0. The van der Waals surface area contributed by atoms with Crippen molar-refractivity contribution in [3.05, 3.63) is 199 Å². The largest absolute Gasteiger partial charge is 2.00 e. The van der Waals surface area contributed by atoms with Gasteiger partial charge in [-0.1, -0.05) is 170 Å². The molecule has 0 amide bonds. The second-order valence-electron chi connectivity index (χ2n) is 12.9. The molecule has 57 heavy (non-hydrogen) atoms. The van der Waals surface area contributed by atoms with E-state index in [4.69, 9.17) is 30.6 Å². The summed E-state index contributed by atoms with van der Waals surface area (Å²) in [5, 5.41) is 29.5. The van der Waals surface area contributed by atoms with Crippen molar-refractivity contribution in [2.45, 2.75) is 0 Å². The van der Waals surface area contributed by atoms with Crippen LogP contribution >= 0.6 is 0 Å². The Labute approximate surface area is 346 Å². The molecule has 303 valence electrons. The summed E-state index contributed by atoms with van der Waals surface area (Å²) >= 11 is 0. The van der Waals surface area contributed by atoms with E-state index in [0.717, 1.165) is 78.5 Å². The van der Waals surface area contributed by atoms with Crippen LogP contribution in [0.25, 0.3) is 24.3 Å². The van der Waals surface area contributed by atoms with Crippen LogP contribution in [-0.2, 0) is 16.8 Å². The predicted octanol–water partition coefficient (Wildman–Crippen LogP) is 7.58. The van der Waals surface area contributed by atoms with Crippen molar-refractivity contribution >= 4 is 24.3 Å². The molecule has 0 aromatic heterocycles. The van der Waals surface area contributed by atoms with Crippen molar-refractivity contribution in [1.29, 1.82) is 0 Å². The van der Waals surface area contributed by atoms with Gasteiger partial charge in [-0.3, -0.25) is 19.6 Å². The molecule has 5 rings (SSSR count). The molecule has 1 fully saturated rings. The third-order valence-corrected chi connectivity index (χ3v) is 8.82. The van der Waals surface area contributed by atoms with Gasteiger partial charge in [0.1, 0.15) is 0 Å². The van der Waals surface area contributed by atoms with Gasteiger partial charge in [-0.05, 0) is 22.3 Å². The SMILES string of the molecule is C(=C\c1ccccc1)/CN1CCN(C/C=C/c2ccccc2)CCN(C/C=C/c2ccccc2)CCN(C/C=C/c2ccccc2)CC1.O=[N+]([O-])[O-].O=[N+]([O-])[O-].[Co+2]. The van der Waals surface area contributed by atoms with E-state index in [1.807, 2.05) is 0 Å². The first kappa shape index (κ1) is 47.7. The summed E-state index contributed by atoms with van der Waals surface area (Å²) in [6, 6.07) is 42.6. The van der Waals surface area contributed by atoms with Gasteiger partial charge in [0.15, 0.2) is 0 Å². The summed E-state index contributed by atoms with van der Waals surface area (Å²) in [5.74, 6) is 0. The zero-order valence-corrected chi connectivity index (χ0v) is 33.2. The number of hydrogen-bond acceptors (Lipinski definition) is 10. The van der Waals surface area contributed by atoms with E-state index in [0.29, 0.717) is 0 Å². The molecule has 1 radical (unpaired) electrons. The van der Waals surface area contributed by atoms with Crippen molar-refractivity contribution in [3.8, 4) is 0 Å². The van der Waals surface area contributed by atoms with Crippen LogP contribution in [0.5, 0.6) is 0 Å². The third-order valence-electron chi connectivity index (χ3n) is 8.82. The molecule has 12 nitrogen and oxygen atoms in total. The number of rotatable bonds is 12. The smallest absolute Gasteiger partial charge is 0.356 e. The van der Waals surface area contributed by atoms with Gasteiger partial charge < -0.3 is 30.6 Å². The summed E-state index contributed by atoms with van der Waals surface area (Å²) in [5.41, 5.74) is 5.03. The van der Waals surface area contributed by atoms with E-state index in [2.05, 4.69) is 190 Å². The minimum Gasteiger partial charge on any atom is -0.356 e. The van der Waals surface area contributed by atoms with E-state index in [1.54, 1.807) is 0 Å². The zero-order valence-electron chi connectivity index (χ0n) is 32.1. The van der Waals surface area contributed by atoms with Crippen LogP contribution in [0.2, 0.25) is 0 Å². The fourth-order valence-electron chi connectivity index (χ4n) is 5.92.